The first-order valence-electron chi connectivity index (χ1n) is 11.0. The van der Waals surface area contributed by atoms with Gasteiger partial charge < -0.3 is 15.3 Å². The van der Waals surface area contributed by atoms with Crippen molar-refractivity contribution in [3.63, 3.8) is 0 Å². The van der Waals surface area contributed by atoms with Crippen molar-refractivity contribution in [3.05, 3.63) is 77.4 Å². The van der Waals surface area contributed by atoms with Gasteiger partial charge in [0.05, 0.1) is 31.1 Å². The van der Waals surface area contributed by atoms with Crippen LogP contribution in [0.1, 0.15) is 35.7 Å². The third-order valence-electron chi connectivity index (χ3n) is 6.45. The second-order valence-electron chi connectivity index (χ2n) is 8.59. The molecule has 1 saturated heterocycles. The van der Waals surface area contributed by atoms with Crippen LogP contribution in [0.3, 0.4) is 0 Å². The Labute approximate surface area is 192 Å². The Bertz CT molecular complexity index is 1220. The molecule has 0 radical (unpaired) electrons. The zero-order chi connectivity index (χ0) is 23.1. The van der Waals surface area contributed by atoms with Crippen LogP contribution in [0.4, 0.5) is 16.6 Å². The lowest BCUT2D eigenvalue weighted by atomic mass is 9.98. The van der Waals surface area contributed by atoms with Crippen molar-refractivity contribution >= 4 is 17.8 Å². The van der Waals surface area contributed by atoms with Crippen molar-refractivity contribution in [1.29, 1.82) is 0 Å². The molecule has 2 aliphatic rings. The van der Waals surface area contributed by atoms with Crippen molar-refractivity contribution in [1.82, 2.24) is 29.5 Å². The van der Waals surface area contributed by atoms with Gasteiger partial charge in [0.2, 0.25) is 5.95 Å². The van der Waals surface area contributed by atoms with E-state index in [1.165, 1.54) is 0 Å². The Hall–Kier alpha value is -3.72. The summed E-state index contributed by atoms with van der Waals surface area (Å²) in [5.74, 6) is 1.25. The molecule has 9 heteroatoms. The van der Waals surface area contributed by atoms with Crippen LogP contribution in [-0.2, 0) is 7.05 Å². The van der Waals surface area contributed by atoms with Crippen molar-refractivity contribution in [2.75, 3.05) is 18.5 Å². The maximum atomic E-state index is 13.4. The van der Waals surface area contributed by atoms with Crippen molar-refractivity contribution in [3.8, 4) is 0 Å². The SMILES string of the molecule is Cc1cccc([C@@H](CO)N2CC3=CC(c4ccnc(Nc5ccnn5C)n4)C(C)N3C2=O)c1. The van der Waals surface area contributed by atoms with Gasteiger partial charge >= 0.3 is 6.03 Å². The van der Waals surface area contributed by atoms with Crippen molar-refractivity contribution in [2.45, 2.75) is 31.8 Å². The second-order valence-corrected chi connectivity index (χ2v) is 8.59. The molecule has 3 atom stereocenters. The van der Waals surface area contributed by atoms with E-state index in [1.807, 2.05) is 62.2 Å². The molecule has 0 saturated carbocycles. The highest BCUT2D eigenvalue weighted by atomic mass is 16.3. The summed E-state index contributed by atoms with van der Waals surface area (Å²) in [4.78, 5) is 26.0. The van der Waals surface area contributed by atoms with Crippen LogP contribution in [0.15, 0.2) is 60.6 Å². The highest BCUT2D eigenvalue weighted by Gasteiger charge is 2.46. The zero-order valence-corrected chi connectivity index (χ0v) is 18.9. The lowest BCUT2D eigenvalue weighted by molar-refractivity contribution is 0.138. The average molecular weight is 446 g/mol. The van der Waals surface area contributed by atoms with Gasteiger partial charge in [0.15, 0.2) is 0 Å². The highest BCUT2D eigenvalue weighted by molar-refractivity contribution is 5.82. The third kappa shape index (κ3) is 3.74. The molecule has 0 aliphatic carbocycles. The van der Waals surface area contributed by atoms with Gasteiger partial charge in [-0.25, -0.2) is 14.8 Å². The summed E-state index contributed by atoms with van der Waals surface area (Å²) < 4.78 is 1.71. The number of nitrogens with zero attached hydrogens (tertiary/aromatic N) is 6. The molecule has 1 aromatic carbocycles. The first kappa shape index (κ1) is 21.1. The molecule has 9 nitrogen and oxygen atoms in total. The summed E-state index contributed by atoms with van der Waals surface area (Å²) in [6.45, 7) is 4.38. The highest BCUT2D eigenvalue weighted by Crippen LogP contribution is 2.41. The number of aliphatic hydroxyl groups is 1. The van der Waals surface area contributed by atoms with Gasteiger partial charge in [-0.05, 0) is 25.5 Å². The van der Waals surface area contributed by atoms with Gasteiger partial charge in [-0.1, -0.05) is 35.9 Å². The number of rotatable bonds is 6. The van der Waals surface area contributed by atoms with E-state index in [-0.39, 0.29) is 30.6 Å². The number of carbonyl (C=O) groups excluding carboxylic acids is 1. The number of aromatic nitrogens is 4. The fraction of sp³-hybridized carbons (Fsp3) is 0.333. The van der Waals surface area contributed by atoms with Crippen LogP contribution < -0.4 is 5.32 Å². The van der Waals surface area contributed by atoms with Crippen LogP contribution in [-0.4, -0.2) is 59.9 Å². The molecular formula is C24H27N7O2. The predicted octanol–water partition coefficient (Wildman–Crippen LogP) is 3.10. The van der Waals surface area contributed by atoms with Gasteiger partial charge in [0.25, 0.3) is 0 Å². The number of fused-ring (bicyclic) bond motifs is 1. The molecule has 170 valence electrons. The van der Waals surface area contributed by atoms with E-state index in [0.717, 1.165) is 28.3 Å². The summed E-state index contributed by atoms with van der Waals surface area (Å²) in [5.41, 5.74) is 3.84. The molecule has 0 spiro atoms. The molecule has 3 aromatic rings. The Kier molecular flexibility index (Phi) is 5.33. The van der Waals surface area contributed by atoms with Crippen molar-refractivity contribution < 1.29 is 9.90 Å². The topological polar surface area (TPSA) is 99.4 Å². The van der Waals surface area contributed by atoms with Gasteiger partial charge in [0, 0.05) is 37.0 Å². The maximum absolute atomic E-state index is 13.4. The van der Waals surface area contributed by atoms with E-state index in [0.29, 0.717) is 12.5 Å². The number of benzene rings is 1. The minimum Gasteiger partial charge on any atom is -0.394 e. The Morgan fingerprint density at radius 3 is 2.79 bits per heavy atom. The Balaban J connectivity index is 1.38. The van der Waals surface area contributed by atoms with E-state index >= 15 is 0 Å². The molecule has 33 heavy (non-hydrogen) atoms. The van der Waals surface area contributed by atoms with Crippen LogP contribution in [0.2, 0.25) is 0 Å². The van der Waals surface area contributed by atoms with E-state index in [1.54, 1.807) is 22.0 Å². The smallest absolute Gasteiger partial charge is 0.325 e. The quantitative estimate of drug-likeness (QED) is 0.605. The van der Waals surface area contributed by atoms with Gasteiger partial charge in [-0.15, -0.1) is 0 Å². The molecule has 2 N–H and O–H groups in total. The number of anilines is 2. The summed E-state index contributed by atoms with van der Waals surface area (Å²) in [5, 5.41) is 17.4. The standard InChI is InChI=1S/C24H27N7O2/c1-15-5-4-6-17(11-15)21(14-32)30-13-18-12-19(16(2)31(18)24(30)33)20-7-9-25-23(27-20)28-22-8-10-26-29(22)3/h4-12,16,19,21,32H,13-14H2,1-3H3,(H,25,27,28)/t16?,19?,21-/m1/s1. The van der Waals surface area contributed by atoms with Crippen LogP contribution in [0.25, 0.3) is 0 Å². The van der Waals surface area contributed by atoms with E-state index in [4.69, 9.17) is 4.98 Å². The van der Waals surface area contributed by atoms with Gasteiger partial charge in [0.1, 0.15) is 5.82 Å². The summed E-state index contributed by atoms with van der Waals surface area (Å²) in [7, 11) is 1.85. The number of hydrogen-bond donors (Lipinski definition) is 2. The van der Waals surface area contributed by atoms with E-state index < -0.39 is 0 Å². The molecule has 2 aliphatic heterocycles. The minimum atomic E-state index is -0.372. The fourth-order valence-electron chi connectivity index (χ4n) is 4.72. The van der Waals surface area contributed by atoms with Crippen LogP contribution in [0.5, 0.6) is 0 Å². The van der Waals surface area contributed by atoms with E-state index in [2.05, 4.69) is 21.5 Å². The molecular weight excluding hydrogens is 418 g/mol. The number of carbonyl (C=O) groups is 1. The molecule has 4 heterocycles. The maximum Gasteiger partial charge on any atom is 0.325 e. The zero-order valence-electron chi connectivity index (χ0n) is 18.9. The second kappa shape index (κ2) is 8.32. The number of amides is 2. The number of hydrogen-bond acceptors (Lipinski definition) is 6. The normalized spacial score (nSPS) is 20.7. The van der Waals surface area contributed by atoms with Gasteiger partial charge in [-0.3, -0.25) is 9.58 Å². The Morgan fingerprint density at radius 2 is 2.09 bits per heavy atom. The predicted molar refractivity (Wildman–Crippen MR) is 124 cm³/mol. The lowest BCUT2D eigenvalue weighted by Gasteiger charge is -2.29. The Morgan fingerprint density at radius 1 is 1.24 bits per heavy atom. The van der Waals surface area contributed by atoms with Crippen LogP contribution >= 0.6 is 0 Å². The number of urea groups is 1. The number of aliphatic hydroxyl groups excluding tert-OH is 1. The first-order chi connectivity index (χ1) is 16.0. The molecule has 2 unspecified atom stereocenters. The third-order valence-corrected chi connectivity index (χ3v) is 6.45. The average Bonchev–Trinajstić information content (AvgIpc) is 3.45. The monoisotopic (exact) mass is 445 g/mol. The molecule has 5 rings (SSSR count). The van der Waals surface area contributed by atoms with E-state index in [9.17, 15) is 9.90 Å². The van der Waals surface area contributed by atoms with Crippen LogP contribution in [0, 0.1) is 6.92 Å². The summed E-state index contributed by atoms with van der Waals surface area (Å²) in [6, 6.07) is 11.1. The number of aryl methyl sites for hydroxylation is 2. The largest absolute Gasteiger partial charge is 0.394 e. The molecule has 2 amide bonds. The lowest BCUT2D eigenvalue weighted by Crippen LogP contribution is -2.40. The molecule has 0 bridgehead atoms. The number of nitrogens with one attached hydrogen (secondary N) is 1. The van der Waals surface area contributed by atoms with Crippen molar-refractivity contribution in [2.24, 2.45) is 7.05 Å². The fourth-order valence-corrected chi connectivity index (χ4v) is 4.72. The molecule has 1 fully saturated rings. The summed E-state index contributed by atoms with van der Waals surface area (Å²) >= 11 is 0. The van der Waals surface area contributed by atoms with Gasteiger partial charge in [-0.2, -0.15) is 5.10 Å². The minimum absolute atomic E-state index is 0.0345. The first-order valence-corrected chi connectivity index (χ1v) is 11.0. The molecule has 2 aromatic heterocycles. The summed E-state index contributed by atoms with van der Waals surface area (Å²) in [6.07, 6.45) is 5.55.